The van der Waals surface area contributed by atoms with Crippen LogP contribution in [0.4, 0.5) is 0 Å². The van der Waals surface area contributed by atoms with E-state index in [-0.39, 0.29) is 0 Å². The van der Waals surface area contributed by atoms with Crippen LogP contribution in [0.15, 0.2) is 169 Å². The van der Waals surface area contributed by atoms with Gasteiger partial charge in [0, 0.05) is 16.5 Å². The zero-order chi connectivity index (χ0) is 31.0. The largest absolute Gasteiger partial charge is 0.456 e. The van der Waals surface area contributed by atoms with E-state index in [0.717, 1.165) is 33.4 Å². The van der Waals surface area contributed by atoms with Gasteiger partial charge in [-0.05, 0) is 79.6 Å². The topological polar surface area (TPSA) is 13.1 Å². The number of allylic oxidation sites excluding steroid dienone is 2. The third kappa shape index (κ3) is 4.65. The molecule has 1 heterocycles. The molecule has 0 saturated heterocycles. The van der Waals surface area contributed by atoms with E-state index in [1.807, 2.05) is 12.2 Å². The normalized spacial score (nSPS) is 11.6. The van der Waals surface area contributed by atoms with Crippen molar-refractivity contribution in [2.24, 2.45) is 0 Å². The SMILES string of the molecule is C=C/C=C\c1oc2c(-c3ccc4c(-c5ccccc5)c5ccccc5c(-c5ccc(-c6ccccc6)cc5)c4c3)cccc2c1C. The number of benzene rings is 7. The molecule has 0 bridgehead atoms. The first kappa shape index (κ1) is 27.6. The summed E-state index contributed by atoms with van der Waals surface area (Å²) in [6, 6.07) is 52.5. The third-order valence-corrected chi connectivity index (χ3v) is 9.06. The Labute approximate surface area is 269 Å². The molecule has 1 nitrogen and oxygen atoms in total. The lowest BCUT2D eigenvalue weighted by atomic mass is 9.84. The van der Waals surface area contributed by atoms with Gasteiger partial charge in [-0.3, -0.25) is 0 Å². The molecular weight excluding hydrogens is 556 g/mol. The van der Waals surface area contributed by atoms with Crippen molar-refractivity contribution in [3.63, 3.8) is 0 Å². The molecule has 0 aliphatic rings. The highest BCUT2D eigenvalue weighted by molar-refractivity contribution is 6.22. The summed E-state index contributed by atoms with van der Waals surface area (Å²) in [5, 5.41) is 6.06. The molecule has 8 aromatic rings. The third-order valence-electron chi connectivity index (χ3n) is 9.06. The van der Waals surface area contributed by atoms with Crippen molar-refractivity contribution in [3.05, 3.63) is 176 Å². The Hall–Kier alpha value is -5.92. The molecule has 0 amide bonds. The second kappa shape index (κ2) is 11.5. The van der Waals surface area contributed by atoms with Crippen LogP contribution in [0.2, 0.25) is 0 Å². The van der Waals surface area contributed by atoms with Crippen molar-refractivity contribution >= 4 is 38.6 Å². The molecule has 7 aromatic carbocycles. The van der Waals surface area contributed by atoms with E-state index in [1.165, 1.54) is 54.9 Å². The first-order valence-corrected chi connectivity index (χ1v) is 15.7. The lowest BCUT2D eigenvalue weighted by molar-refractivity contribution is 0.602. The minimum Gasteiger partial charge on any atom is -0.456 e. The van der Waals surface area contributed by atoms with Crippen molar-refractivity contribution in [1.29, 1.82) is 0 Å². The lowest BCUT2D eigenvalue weighted by Gasteiger charge is -2.19. The summed E-state index contributed by atoms with van der Waals surface area (Å²) in [7, 11) is 0. The van der Waals surface area contributed by atoms with Crippen molar-refractivity contribution < 1.29 is 4.42 Å². The summed E-state index contributed by atoms with van der Waals surface area (Å²) in [5.74, 6) is 0.861. The van der Waals surface area contributed by atoms with E-state index in [0.29, 0.717) is 0 Å². The van der Waals surface area contributed by atoms with Gasteiger partial charge >= 0.3 is 0 Å². The molecule has 218 valence electrons. The Kier molecular flexibility index (Phi) is 6.93. The Bertz CT molecular complexity index is 2410. The fourth-order valence-electron chi connectivity index (χ4n) is 6.84. The fraction of sp³-hybridized carbons (Fsp3) is 0.0222. The Morgan fingerprint density at radius 3 is 1.70 bits per heavy atom. The molecule has 46 heavy (non-hydrogen) atoms. The number of furan rings is 1. The fourth-order valence-corrected chi connectivity index (χ4v) is 6.84. The second-order valence-electron chi connectivity index (χ2n) is 11.7. The zero-order valence-corrected chi connectivity index (χ0v) is 25.7. The molecule has 0 atom stereocenters. The van der Waals surface area contributed by atoms with Gasteiger partial charge in [-0.15, -0.1) is 0 Å². The van der Waals surface area contributed by atoms with Crippen LogP contribution >= 0.6 is 0 Å². The molecule has 0 spiro atoms. The van der Waals surface area contributed by atoms with Crippen LogP contribution < -0.4 is 0 Å². The van der Waals surface area contributed by atoms with Gasteiger partial charge in [0.15, 0.2) is 0 Å². The summed E-state index contributed by atoms with van der Waals surface area (Å²) in [4.78, 5) is 0. The Morgan fingerprint density at radius 1 is 0.478 bits per heavy atom. The minimum absolute atomic E-state index is 0.861. The van der Waals surface area contributed by atoms with E-state index in [9.17, 15) is 0 Å². The van der Waals surface area contributed by atoms with E-state index in [1.54, 1.807) is 6.08 Å². The summed E-state index contributed by atoms with van der Waals surface area (Å²) in [6.45, 7) is 5.95. The lowest BCUT2D eigenvalue weighted by Crippen LogP contribution is -1.92. The van der Waals surface area contributed by atoms with Gasteiger partial charge in [-0.1, -0.05) is 158 Å². The van der Waals surface area contributed by atoms with Crippen molar-refractivity contribution in [1.82, 2.24) is 0 Å². The first-order chi connectivity index (χ1) is 22.7. The smallest absolute Gasteiger partial charge is 0.142 e. The molecule has 0 N–H and O–H groups in total. The van der Waals surface area contributed by atoms with E-state index >= 15 is 0 Å². The molecule has 1 aromatic heterocycles. The monoisotopic (exact) mass is 588 g/mol. The molecule has 0 unspecified atom stereocenters. The molecule has 0 fully saturated rings. The minimum atomic E-state index is 0.861. The van der Waals surface area contributed by atoms with Gasteiger partial charge in [0.1, 0.15) is 11.3 Å². The highest BCUT2D eigenvalue weighted by atomic mass is 16.3. The highest BCUT2D eigenvalue weighted by Gasteiger charge is 2.19. The molecule has 8 rings (SSSR count). The van der Waals surface area contributed by atoms with Gasteiger partial charge in [0.2, 0.25) is 0 Å². The quantitative estimate of drug-likeness (QED) is 0.139. The Balaban J connectivity index is 1.42. The van der Waals surface area contributed by atoms with Crippen LogP contribution in [0.25, 0.3) is 83.1 Å². The number of hydrogen-bond donors (Lipinski definition) is 0. The van der Waals surface area contributed by atoms with Crippen molar-refractivity contribution in [2.75, 3.05) is 0 Å². The predicted molar refractivity (Wildman–Crippen MR) is 197 cm³/mol. The van der Waals surface area contributed by atoms with Gasteiger partial charge in [0.25, 0.3) is 0 Å². The zero-order valence-electron chi connectivity index (χ0n) is 25.7. The number of fused-ring (bicyclic) bond motifs is 3. The summed E-state index contributed by atoms with van der Waals surface area (Å²) >= 11 is 0. The number of rotatable bonds is 6. The van der Waals surface area contributed by atoms with Gasteiger partial charge in [-0.25, -0.2) is 0 Å². The van der Waals surface area contributed by atoms with Gasteiger partial charge in [-0.2, -0.15) is 0 Å². The van der Waals surface area contributed by atoms with Crippen molar-refractivity contribution in [2.45, 2.75) is 6.92 Å². The number of para-hydroxylation sites is 1. The number of hydrogen-bond acceptors (Lipinski definition) is 1. The van der Waals surface area contributed by atoms with Crippen LogP contribution in [0.5, 0.6) is 0 Å². The Morgan fingerprint density at radius 2 is 1.00 bits per heavy atom. The average Bonchev–Trinajstić information content (AvgIpc) is 3.45. The van der Waals surface area contributed by atoms with Crippen LogP contribution in [0.3, 0.4) is 0 Å². The first-order valence-electron chi connectivity index (χ1n) is 15.7. The van der Waals surface area contributed by atoms with E-state index in [4.69, 9.17) is 4.42 Å². The maximum atomic E-state index is 6.50. The van der Waals surface area contributed by atoms with Crippen LogP contribution in [0.1, 0.15) is 11.3 Å². The molecule has 0 radical (unpaired) electrons. The summed E-state index contributed by atoms with van der Waals surface area (Å²) < 4.78 is 6.50. The van der Waals surface area contributed by atoms with Crippen LogP contribution in [-0.4, -0.2) is 0 Å². The van der Waals surface area contributed by atoms with Crippen LogP contribution in [0, 0.1) is 6.92 Å². The maximum absolute atomic E-state index is 6.50. The molecule has 1 heteroatoms. The summed E-state index contributed by atoms with van der Waals surface area (Å²) in [5.41, 5.74) is 11.6. The summed E-state index contributed by atoms with van der Waals surface area (Å²) in [6.07, 6.45) is 5.69. The predicted octanol–water partition coefficient (Wildman–Crippen LogP) is 12.9. The molecule has 0 aliphatic carbocycles. The van der Waals surface area contributed by atoms with Gasteiger partial charge in [0.05, 0.1) is 0 Å². The van der Waals surface area contributed by atoms with E-state index in [2.05, 4.69) is 159 Å². The van der Waals surface area contributed by atoms with Crippen LogP contribution in [-0.2, 0) is 0 Å². The average molecular weight is 589 g/mol. The van der Waals surface area contributed by atoms with Crippen molar-refractivity contribution in [3.8, 4) is 44.5 Å². The number of aryl methyl sites for hydroxylation is 1. The van der Waals surface area contributed by atoms with Gasteiger partial charge < -0.3 is 4.42 Å². The van der Waals surface area contributed by atoms with E-state index < -0.39 is 0 Å². The molecular formula is C45H32O. The standard InChI is InChI=1S/C45H32O/c1-3-4-22-42-30(2)36-20-13-21-37(45(36)46-42)35-27-28-40-41(29-35)44(34-25-23-32(24-26-34)31-14-7-5-8-15-31)39-19-12-11-18-38(39)43(40)33-16-9-6-10-17-33/h3-29H,1H2,2H3/b22-4-. The highest BCUT2D eigenvalue weighted by Crippen LogP contribution is 2.45. The maximum Gasteiger partial charge on any atom is 0.142 e. The second-order valence-corrected chi connectivity index (χ2v) is 11.7. The molecule has 0 saturated carbocycles. The molecule has 0 aliphatic heterocycles.